The van der Waals surface area contributed by atoms with E-state index in [9.17, 15) is 34.2 Å². The van der Waals surface area contributed by atoms with Gasteiger partial charge in [0, 0.05) is 31.7 Å². The second kappa shape index (κ2) is 17.2. The largest absolute Gasteiger partial charge is 0.492 e. The molecule has 0 bridgehead atoms. The Morgan fingerprint density at radius 1 is 1.06 bits per heavy atom. The average molecular weight is 764 g/mol. The van der Waals surface area contributed by atoms with Crippen molar-refractivity contribution in [3.05, 3.63) is 45.3 Å². The van der Waals surface area contributed by atoms with Gasteiger partial charge in [0.15, 0.2) is 11.6 Å². The fourth-order valence-electron chi connectivity index (χ4n) is 6.15. The molecule has 2 aromatic rings. The van der Waals surface area contributed by atoms with Crippen LogP contribution in [0.3, 0.4) is 0 Å². The van der Waals surface area contributed by atoms with Crippen LogP contribution in [0.25, 0.3) is 10.9 Å². The minimum Gasteiger partial charge on any atom is -0.492 e. The average Bonchev–Trinajstić information content (AvgIpc) is 3.91. The Morgan fingerprint density at radius 2 is 1.74 bits per heavy atom. The molecule has 2 amide bonds. The highest BCUT2D eigenvalue weighted by Gasteiger charge is 2.33. The van der Waals surface area contributed by atoms with E-state index >= 15 is 8.78 Å². The Hall–Kier alpha value is -4.61. The van der Waals surface area contributed by atoms with Crippen molar-refractivity contribution in [1.29, 1.82) is 0 Å². The second-order valence-corrected chi connectivity index (χ2v) is 15.4. The zero-order valence-electron chi connectivity index (χ0n) is 31.8. The number of carbonyl (C=O) groups is 4. The number of nitrogens with zero attached hydrogens (tertiary/aromatic N) is 2. The third kappa shape index (κ3) is 11.2. The predicted molar refractivity (Wildman–Crippen MR) is 194 cm³/mol. The van der Waals surface area contributed by atoms with Gasteiger partial charge in [0.1, 0.15) is 22.7 Å². The number of aliphatic hydroxyl groups is 1. The van der Waals surface area contributed by atoms with E-state index in [1.807, 2.05) is 0 Å². The normalized spacial score (nSPS) is 17.1. The van der Waals surface area contributed by atoms with Gasteiger partial charge < -0.3 is 44.5 Å². The van der Waals surface area contributed by atoms with E-state index in [4.69, 9.17) is 14.2 Å². The molecule has 2 unspecified atom stereocenters. The molecule has 2 atom stereocenters. The van der Waals surface area contributed by atoms with Crippen molar-refractivity contribution in [1.82, 2.24) is 20.5 Å². The number of carboxylic acid groups (broad SMARTS) is 1. The van der Waals surface area contributed by atoms with E-state index in [0.717, 1.165) is 18.9 Å². The first-order valence-corrected chi connectivity index (χ1v) is 17.9. The number of halogens is 2. The van der Waals surface area contributed by atoms with Crippen LogP contribution in [0.1, 0.15) is 96.5 Å². The first-order chi connectivity index (χ1) is 25.2. The number of carboxylic acids is 1. The first kappa shape index (κ1) is 42.1. The van der Waals surface area contributed by atoms with Crippen LogP contribution in [0.2, 0.25) is 0 Å². The van der Waals surface area contributed by atoms with Crippen LogP contribution in [-0.4, -0.2) is 95.5 Å². The van der Waals surface area contributed by atoms with Crippen molar-refractivity contribution >= 4 is 40.3 Å². The minimum absolute atomic E-state index is 0.00599. The molecule has 2 fully saturated rings. The lowest BCUT2D eigenvalue weighted by atomic mass is 10.0. The standard InChI is InChI=1S/C37H51F2N5O10/c1-36(2,3)53-28(46)13-12-26(42-35(51)54-37(4,5)6)33(48)41-17-27(45)40-16-25(39)20-9-8-14-43(18-20)30-24(38)15-22-29(32(30)52-7)44(21-10-11-21)19-23(31(22)47)34(49)50/h15,19,21,26,35,42,51H,8-14,16-18H2,1-7H3,(H,40,45)(H,41,48)(H,49,50). The number of fused-ring (bicyclic) bond motifs is 1. The van der Waals surface area contributed by atoms with Gasteiger partial charge in [-0.15, -0.1) is 0 Å². The number of ether oxygens (including phenoxy) is 3. The predicted octanol–water partition coefficient (Wildman–Crippen LogP) is 3.41. The molecule has 2 heterocycles. The first-order valence-electron chi connectivity index (χ1n) is 17.9. The van der Waals surface area contributed by atoms with Crippen LogP contribution in [0.15, 0.2) is 28.5 Å². The molecule has 1 aromatic carbocycles. The van der Waals surface area contributed by atoms with Crippen LogP contribution in [0, 0.1) is 5.82 Å². The van der Waals surface area contributed by atoms with Gasteiger partial charge in [0.25, 0.3) is 0 Å². The molecule has 1 aliphatic heterocycles. The molecule has 1 saturated carbocycles. The summed E-state index contributed by atoms with van der Waals surface area (Å²) >= 11 is 0. The smallest absolute Gasteiger partial charge is 0.341 e. The molecule has 17 heteroatoms. The number of rotatable bonds is 15. The highest BCUT2D eigenvalue weighted by atomic mass is 19.1. The van der Waals surface area contributed by atoms with Crippen LogP contribution in [0.5, 0.6) is 5.75 Å². The van der Waals surface area contributed by atoms with Gasteiger partial charge in [0.2, 0.25) is 23.7 Å². The van der Waals surface area contributed by atoms with Crippen LogP contribution < -0.4 is 31.0 Å². The highest BCUT2D eigenvalue weighted by molar-refractivity contribution is 5.97. The number of carbonyl (C=O) groups excluding carboxylic acids is 3. The van der Waals surface area contributed by atoms with Gasteiger partial charge in [-0.1, -0.05) is 0 Å². The quantitative estimate of drug-likeness (QED) is 0.131. The maximum Gasteiger partial charge on any atom is 0.341 e. The van der Waals surface area contributed by atoms with E-state index in [-0.39, 0.29) is 47.8 Å². The van der Waals surface area contributed by atoms with Crippen molar-refractivity contribution in [2.75, 3.05) is 38.2 Å². The molecule has 1 aliphatic carbocycles. The van der Waals surface area contributed by atoms with Gasteiger partial charge in [-0.25, -0.2) is 13.6 Å². The molecule has 4 rings (SSSR count). The molecule has 54 heavy (non-hydrogen) atoms. The second-order valence-electron chi connectivity index (χ2n) is 15.4. The van der Waals surface area contributed by atoms with Gasteiger partial charge in [-0.2, -0.15) is 0 Å². The fraction of sp³-hybridized carbons (Fsp3) is 0.595. The molecule has 2 aliphatic rings. The third-order valence-electron chi connectivity index (χ3n) is 8.61. The molecule has 0 spiro atoms. The number of aliphatic hydroxyl groups excluding tert-OH is 1. The Bertz CT molecular complexity index is 1850. The molecule has 0 radical (unpaired) electrons. The molecule has 1 saturated heterocycles. The summed E-state index contributed by atoms with van der Waals surface area (Å²) in [6.45, 7) is 9.42. The number of anilines is 1. The summed E-state index contributed by atoms with van der Waals surface area (Å²) in [5.74, 6) is -4.87. The summed E-state index contributed by atoms with van der Waals surface area (Å²) in [5.41, 5.74) is -2.26. The third-order valence-corrected chi connectivity index (χ3v) is 8.61. The zero-order chi connectivity index (χ0) is 40.1. The number of benzene rings is 1. The Kier molecular flexibility index (Phi) is 13.5. The lowest BCUT2D eigenvalue weighted by Crippen LogP contribution is -2.52. The Balaban J connectivity index is 1.43. The molecular weight excluding hydrogens is 712 g/mol. The summed E-state index contributed by atoms with van der Waals surface area (Å²) in [6, 6.07) is -0.241. The SMILES string of the molecule is COc1c(N2CCCC(=C(F)CNC(=O)CNC(=O)C(CCC(=O)OC(C)(C)C)NC(O)OC(C)(C)C)C2)c(F)cc2c(=O)c(C(=O)O)cn(C3CC3)c12. The maximum absolute atomic E-state index is 15.8. The van der Waals surface area contributed by atoms with E-state index in [1.54, 1.807) is 51.0 Å². The minimum atomic E-state index is -1.57. The summed E-state index contributed by atoms with van der Waals surface area (Å²) in [4.78, 5) is 64.5. The number of esters is 1. The molecule has 15 nitrogen and oxygen atoms in total. The summed E-state index contributed by atoms with van der Waals surface area (Å²) in [6.07, 6.45) is 1.67. The number of pyridine rings is 1. The van der Waals surface area contributed by atoms with E-state index in [1.165, 1.54) is 13.3 Å². The Labute approximate surface area is 312 Å². The Morgan fingerprint density at radius 3 is 2.33 bits per heavy atom. The number of piperidine rings is 1. The summed E-state index contributed by atoms with van der Waals surface area (Å²) in [5, 5.41) is 27.3. The number of hydrogen-bond acceptors (Lipinski definition) is 11. The van der Waals surface area contributed by atoms with E-state index < -0.39 is 83.1 Å². The van der Waals surface area contributed by atoms with Crippen LogP contribution >= 0.6 is 0 Å². The maximum atomic E-state index is 15.8. The number of nitrogens with one attached hydrogen (secondary N) is 3. The van der Waals surface area contributed by atoms with Crippen molar-refractivity contribution < 1.29 is 52.4 Å². The van der Waals surface area contributed by atoms with Crippen molar-refractivity contribution in [3.8, 4) is 5.75 Å². The molecule has 1 aromatic heterocycles. The van der Waals surface area contributed by atoms with Crippen LogP contribution in [0.4, 0.5) is 14.5 Å². The lowest BCUT2D eigenvalue weighted by Gasteiger charge is -2.33. The summed E-state index contributed by atoms with van der Waals surface area (Å²) < 4.78 is 49.4. The molecule has 5 N–H and O–H groups in total. The molecular formula is C37H51F2N5O10. The highest BCUT2D eigenvalue weighted by Crippen LogP contribution is 2.44. The molecule has 298 valence electrons. The van der Waals surface area contributed by atoms with Gasteiger partial charge in [0.05, 0.1) is 42.7 Å². The monoisotopic (exact) mass is 763 g/mol. The van der Waals surface area contributed by atoms with Crippen molar-refractivity contribution in [2.45, 2.75) is 110 Å². The number of aromatic carboxylic acids is 1. The van der Waals surface area contributed by atoms with Crippen molar-refractivity contribution in [3.63, 3.8) is 0 Å². The van der Waals surface area contributed by atoms with Gasteiger partial charge in [-0.3, -0.25) is 24.5 Å². The number of methoxy groups -OCH3 is 1. The number of amides is 2. The lowest BCUT2D eigenvalue weighted by molar-refractivity contribution is -0.187. The van der Waals surface area contributed by atoms with Crippen LogP contribution in [-0.2, 0) is 23.9 Å². The van der Waals surface area contributed by atoms with E-state index in [2.05, 4.69) is 16.0 Å². The zero-order valence-corrected chi connectivity index (χ0v) is 31.8. The summed E-state index contributed by atoms with van der Waals surface area (Å²) in [7, 11) is 1.32. The van der Waals surface area contributed by atoms with Gasteiger partial charge >= 0.3 is 11.9 Å². The topological polar surface area (TPSA) is 198 Å². The van der Waals surface area contributed by atoms with Gasteiger partial charge in [-0.05, 0) is 85.3 Å². The number of aromatic nitrogens is 1. The van der Waals surface area contributed by atoms with E-state index in [0.29, 0.717) is 25.0 Å². The fourth-order valence-corrected chi connectivity index (χ4v) is 6.15. The number of hydrogen-bond donors (Lipinski definition) is 5. The van der Waals surface area contributed by atoms with Crippen molar-refractivity contribution in [2.24, 2.45) is 0 Å².